The lowest BCUT2D eigenvalue weighted by Crippen LogP contribution is -2.93. The number of methoxy groups -OCH3 is 1. The van der Waals surface area contributed by atoms with Crippen molar-refractivity contribution < 1.29 is 66.3 Å². The number of cyclic esters (lactones) is 1. The monoisotopic (exact) mass is 738 g/mol. The summed E-state index contributed by atoms with van der Waals surface area (Å²) in [5, 5.41) is 0. The highest BCUT2D eigenvalue weighted by Crippen LogP contribution is 2.90. The van der Waals surface area contributed by atoms with Crippen LogP contribution in [0.15, 0.2) is 46.3 Å². The third-order valence-corrected chi connectivity index (χ3v) is 14.2. The average Bonchev–Trinajstić information content (AvgIpc) is 3.80. The van der Waals surface area contributed by atoms with E-state index in [2.05, 4.69) is 0 Å². The maximum absolute atomic E-state index is 14.0. The third-order valence-electron chi connectivity index (χ3n) is 14.2. The standard InChI is InChI=1S/C39H46O14/c1-10-20(3)29(44)49-30-33(6)19-37-34(7,23(33)16-26(42)45-9)36-14-13-32(5)24(17-27(43)47-28(32)22-12-15-46-18-22)38(36,53-35(8,51-36)52-37)31(48-25(41)11-2)39(30,37)50-21(4)40/h10,12,15,17-18,23,28,30-31H,11,13-14,16,19H2,1-9H3/b20-10+/t23-,28-,30-,31-,32+,33+,34-,35+,36-,37+,38+,39-/m0/s1. The van der Waals surface area contributed by atoms with Crippen molar-refractivity contribution in [2.45, 2.75) is 134 Å². The Labute approximate surface area is 306 Å². The molecule has 0 amide bonds. The molecular formula is C39H46O14. The van der Waals surface area contributed by atoms with Crippen molar-refractivity contribution in [2.24, 2.45) is 22.2 Å². The first kappa shape index (κ1) is 36.0. The fourth-order valence-electron chi connectivity index (χ4n) is 12.4. The van der Waals surface area contributed by atoms with Gasteiger partial charge in [0.1, 0.15) is 17.3 Å². The fourth-order valence-corrected chi connectivity index (χ4v) is 12.4. The van der Waals surface area contributed by atoms with Gasteiger partial charge < -0.3 is 42.3 Å². The summed E-state index contributed by atoms with van der Waals surface area (Å²) in [6, 6.07) is 1.71. The number of fused-ring (bicyclic) bond motifs is 3. The van der Waals surface area contributed by atoms with E-state index in [1.165, 1.54) is 32.6 Å². The van der Waals surface area contributed by atoms with Crippen LogP contribution in [0.4, 0.5) is 0 Å². The van der Waals surface area contributed by atoms with Gasteiger partial charge in [-0.3, -0.25) is 14.4 Å². The van der Waals surface area contributed by atoms with Crippen LogP contribution in [0.2, 0.25) is 0 Å². The molecular weight excluding hydrogens is 692 g/mol. The molecule has 7 aliphatic rings. The minimum atomic E-state index is -2.10. The molecule has 4 bridgehead atoms. The molecule has 14 heteroatoms. The molecule has 2 spiro atoms. The van der Waals surface area contributed by atoms with Gasteiger partial charge in [0, 0.05) is 60.1 Å². The molecule has 0 N–H and O–H groups in total. The Morgan fingerprint density at radius 3 is 2.30 bits per heavy atom. The lowest BCUT2D eigenvalue weighted by Gasteiger charge is -2.76. The number of carbonyl (C=O) groups excluding carboxylic acids is 5. The van der Waals surface area contributed by atoms with Gasteiger partial charge in [0.15, 0.2) is 17.8 Å². The molecule has 286 valence electrons. The number of rotatable bonds is 8. The van der Waals surface area contributed by atoms with Crippen LogP contribution >= 0.6 is 0 Å². The van der Waals surface area contributed by atoms with Gasteiger partial charge in [0.25, 0.3) is 5.97 Å². The number of hydrogen-bond donors (Lipinski definition) is 0. The average molecular weight is 739 g/mol. The van der Waals surface area contributed by atoms with E-state index in [0.717, 1.165) is 0 Å². The van der Waals surface area contributed by atoms with Crippen molar-refractivity contribution in [3.8, 4) is 0 Å². The molecule has 3 aliphatic heterocycles. The molecule has 1 aromatic heterocycles. The van der Waals surface area contributed by atoms with Crippen LogP contribution in [0.5, 0.6) is 0 Å². The molecule has 2 saturated heterocycles. The van der Waals surface area contributed by atoms with Crippen LogP contribution in [-0.2, 0) is 61.9 Å². The zero-order valence-electron chi connectivity index (χ0n) is 31.4. The second-order valence-corrected chi connectivity index (χ2v) is 16.5. The quantitative estimate of drug-likeness (QED) is 0.204. The smallest absolute Gasteiger partial charge is 0.333 e. The van der Waals surface area contributed by atoms with Crippen molar-refractivity contribution in [2.75, 3.05) is 7.11 Å². The van der Waals surface area contributed by atoms with Gasteiger partial charge in [-0.2, -0.15) is 0 Å². The first-order chi connectivity index (χ1) is 24.8. The highest BCUT2D eigenvalue weighted by molar-refractivity contribution is 5.88. The first-order valence-electron chi connectivity index (χ1n) is 18.2. The fraction of sp³-hybridized carbons (Fsp3) is 0.667. The molecule has 0 unspecified atom stereocenters. The Hall–Kier alpha value is -4.01. The molecule has 4 heterocycles. The van der Waals surface area contributed by atoms with E-state index in [-0.39, 0.29) is 31.3 Å². The van der Waals surface area contributed by atoms with E-state index in [9.17, 15) is 24.0 Å². The van der Waals surface area contributed by atoms with Crippen LogP contribution < -0.4 is 0 Å². The number of hydrogen-bond acceptors (Lipinski definition) is 14. The predicted octanol–water partition coefficient (Wildman–Crippen LogP) is 4.70. The normalized spacial score (nSPS) is 46.8. The van der Waals surface area contributed by atoms with Gasteiger partial charge in [-0.25, -0.2) is 9.59 Å². The van der Waals surface area contributed by atoms with Gasteiger partial charge in [0.05, 0.1) is 19.6 Å². The lowest BCUT2D eigenvalue weighted by molar-refractivity contribution is -0.474. The number of carbonyl (C=O) groups is 5. The maximum atomic E-state index is 14.0. The molecule has 12 atom stereocenters. The molecule has 53 heavy (non-hydrogen) atoms. The first-order valence-corrected chi connectivity index (χ1v) is 18.2. The summed E-state index contributed by atoms with van der Waals surface area (Å²) in [4.78, 5) is 69.0. The molecule has 6 fully saturated rings. The molecule has 0 radical (unpaired) electrons. The van der Waals surface area contributed by atoms with Crippen molar-refractivity contribution in [1.29, 1.82) is 0 Å². The lowest BCUT2D eigenvalue weighted by atomic mass is 9.34. The number of ether oxygens (including phenoxy) is 8. The highest BCUT2D eigenvalue weighted by Gasteiger charge is 3.05. The minimum absolute atomic E-state index is 0.0840. The van der Waals surface area contributed by atoms with E-state index in [1.807, 2.05) is 20.8 Å². The summed E-state index contributed by atoms with van der Waals surface area (Å²) in [6.07, 6.45) is 2.56. The Balaban J connectivity index is 1.52. The summed E-state index contributed by atoms with van der Waals surface area (Å²) in [5.41, 5.74) is -9.44. The van der Waals surface area contributed by atoms with E-state index in [1.54, 1.807) is 39.8 Å². The van der Waals surface area contributed by atoms with Crippen LogP contribution in [0.3, 0.4) is 0 Å². The van der Waals surface area contributed by atoms with E-state index >= 15 is 0 Å². The Kier molecular flexibility index (Phi) is 7.34. The van der Waals surface area contributed by atoms with Crippen molar-refractivity contribution in [1.82, 2.24) is 0 Å². The summed E-state index contributed by atoms with van der Waals surface area (Å²) in [6.45, 7) is 13.5. The SMILES string of the molecule is C/C=C(\C)C(=O)O[C@H]1[C@]2(C)C[C@]34O[C@@]5(C)O[C@@]6(CC[C@]7(C)C(=CC(=O)O[C@H]7c7ccoc7)[C@@]6(O5)[C@H](OC(=O)CC)[C@@]13OC(C)=O)[C@]4(C)[C@H]2CC(=O)OC. The van der Waals surface area contributed by atoms with Crippen LogP contribution in [0.1, 0.15) is 99.2 Å². The van der Waals surface area contributed by atoms with Crippen LogP contribution in [0, 0.1) is 22.2 Å². The van der Waals surface area contributed by atoms with Crippen LogP contribution in [-0.4, -0.2) is 77.5 Å². The topological polar surface area (TPSA) is 172 Å². The summed E-state index contributed by atoms with van der Waals surface area (Å²) < 4.78 is 58.1. The van der Waals surface area contributed by atoms with E-state index in [0.29, 0.717) is 17.6 Å². The van der Waals surface area contributed by atoms with Crippen molar-refractivity contribution >= 4 is 29.8 Å². The molecule has 8 rings (SSSR count). The Morgan fingerprint density at radius 1 is 0.962 bits per heavy atom. The number of esters is 5. The molecule has 1 aromatic rings. The highest BCUT2D eigenvalue weighted by atomic mass is 16.9. The second-order valence-electron chi connectivity index (χ2n) is 16.5. The minimum Gasteiger partial charge on any atom is -0.472 e. The van der Waals surface area contributed by atoms with Crippen molar-refractivity contribution in [3.63, 3.8) is 0 Å². The number of furan rings is 1. The summed E-state index contributed by atoms with van der Waals surface area (Å²) >= 11 is 0. The molecule has 4 aliphatic carbocycles. The van der Waals surface area contributed by atoms with E-state index < -0.39 is 98.7 Å². The van der Waals surface area contributed by atoms with Crippen molar-refractivity contribution in [3.05, 3.63) is 47.5 Å². The van der Waals surface area contributed by atoms with Gasteiger partial charge in [-0.1, -0.05) is 33.8 Å². The second kappa shape index (κ2) is 10.8. The molecule has 0 aromatic carbocycles. The zero-order valence-corrected chi connectivity index (χ0v) is 31.4. The van der Waals surface area contributed by atoms with Gasteiger partial charge in [-0.05, 0) is 50.7 Å². The molecule has 14 nitrogen and oxygen atoms in total. The largest absolute Gasteiger partial charge is 0.472 e. The summed E-state index contributed by atoms with van der Waals surface area (Å²) in [7, 11) is 1.30. The predicted molar refractivity (Wildman–Crippen MR) is 178 cm³/mol. The summed E-state index contributed by atoms with van der Waals surface area (Å²) in [5.74, 6) is -5.95. The number of allylic oxidation sites excluding steroid dienone is 1. The Morgan fingerprint density at radius 2 is 1.68 bits per heavy atom. The third kappa shape index (κ3) is 3.82. The zero-order chi connectivity index (χ0) is 38.4. The molecule has 4 saturated carbocycles. The maximum Gasteiger partial charge on any atom is 0.333 e. The Bertz CT molecular complexity index is 1900. The van der Waals surface area contributed by atoms with Gasteiger partial charge in [-0.15, -0.1) is 0 Å². The van der Waals surface area contributed by atoms with E-state index in [4.69, 9.17) is 42.3 Å². The van der Waals surface area contributed by atoms with Crippen LogP contribution in [0.25, 0.3) is 0 Å². The van der Waals surface area contributed by atoms with Gasteiger partial charge in [0.2, 0.25) is 5.60 Å². The van der Waals surface area contributed by atoms with Gasteiger partial charge >= 0.3 is 29.8 Å².